The van der Waals surface area contributed by atoms with Gasteiger partial charge in [-0.15, -0.1) is 0 Å². The van der Waals surface area contributed by atoms with E-state index >= 15 is 0 Å². The Labute approximate surface area is 80.9 Å². The number of nitrogens with two attached hydrogens (primary N) is 1. The first-order valence-corrected chi connectivity index (χ1v) is 3.82. The van der Waals surface area contributed by atoms with Gasteiger partial charge in [-0.25, -0.2) is 0 Å². The van der Waals surface area contributed by atoms with Gasteiger partial charge in [-0.05, 0) is 23.8 Å². The Morgan fingerprint density at radius 3 is 2.79 bits per heavy atom. The van der Waals surface area contributed by atoms with Crippen LogP contribution in [-0.4, -0.2) is 5.97 Å². The third-order valence-electron chi connectivity index (χ3n) is 1.61. The molecule has 0 atom stereocenters. The molecular weight excluding hydrogens is 180 g/mol. The SMILES string of the molecule is N#Cc1ccc(/C=C/C(=O)[O-])c(N)c1. The van der Waals surface area contributed by atoms with Crippen molar-refractivity contribution < 1.29 is 9.90 Å². The van der Waals surface area contributed by atoms with Crippen LogP contribution in [0, 0.1) is 11.3 Å². The molecule has 4 heteroatoms. The second-order valence-corrected chi connectivity index (χ2v) is 2.61. The molecule has 0 amide bonds. The van der Waals surface area contributed by atoms with Crippen LogP contribution in [0.1, 0.15) is 11.1 Å². The summed E-state index contributed by atoms with van der Waals surface area (Å²) in [6, 6.07) is 6.55. The van der Waals surface area contributed by atoms with Crippen molar-refractivity contribution in [3.8, 4) is 6.07 Å². The van der Waals surface area contributed by atoms with Crippen molar-refractivity contribution in [1.82, 2.24) is 0 Å². The molecule has 4 nitrogen and oxygen atoms in total. The standard InChI is InChI=1S/C10H8N2O2/c11-6-7-1-2-8(9(12)5-7)3-4-10(13)14/h1-5H,12H2,(H,13,14)/p-1/b4-3+. The van der Waals surface area contributed by atoms with E-state index in [9.17, 15) is 9.90 Å². The van der Waals surface area contributed by atoms with Crippen molar-refractivity contribution in [3.63, 3.8) is 0 Å². The van der Waals surface area contributed by atoms with Gasteiger partial charge in [0.2, 0.25) is 0 Å². The third-order valence-corrected chi connectivity index (χ3v) is 1.61. The predicted molar refractivity (Wildman–Crippen MR) is 49.6 cm³/mol. The number of rotatable bonds is 2. The number of nitriles is 1. The number of carboxylic acids is 1. The molecule has 1 rings (SSSR count). The zero-order valence-electron chi connectivity index (χ0n) is 7.23. The molecule has 70 valence electrons. The minimum Gasteiger partial charge on any atom is -0.545 e. The number of carbonyl (C=O) groups excluding carboxylic acids is 1. The lowest BCUT2D eigenvalue weighted by Gasteiger charge is -2.00. The van der Waals surface area contributed by atoms with Crippen molar-refractivity contribution in [1.29, 1.82) is 5.26 Å². The number of nitrogens with zero attached hydrogens (tertiary/aromatic N) is 1. The van der Waals surface area contributed by atoms with Crippen molar-refractivity contribution in [2.75, 3.05) is 5.73 Å². The second kappa shape index (κ2) is 4.10. The summed E-state index contributed by atoms with van der Waals surface area (Å²) in [5.41, 5.74) is 6.92. The van der Waals surface area contributed by atoms with Crippen molar-refractivity contribution in [2.24, 2.45) is 0 Å². The highest BCUT2D eigenvalue weighted by molar-refractivity contribution is 5.85. The van der Waals surface area contributed by atoms with Crippen molar-refractivity contribution in [3.05, 3.63) is 35.4 Å². The van der Waals surface area contributed by atoms with E-state index < -0.39 is 5.97 Å². The van der Waals surface area contributed by atoms with Crippen LogP contribution in [0.25, 0.3) is 6.08 Å². The Morgan fingerprint density at radius 2 is 2.29 bits per heavy atom. The largest absolute Gasteiger partial charge is 0.545 e. The van der Waals surface area contributed by atoms with E-state index in [1.807, 2.05) is 6.07 Å². The summed E-state index contributed by atoms with van der Waals surface area (Å²) in [5, 5.41) is 18.7. The van der Waals surface area contributed by atoms with Crippen LogP contribution >= 0.6 is 0 Å². The van der Waals surface area contributed by atoms with Gasteiger partial charge in [0.1, 0.15) is 0 Å². The van der Waals surface area contributed by atoms with Crippen LogP contribution in [-0.2, 0) is 4.79 Å². The molecule has 0 fully saturated rings. The third kappa shape index (κ3) is 2.35. The van der Waals surface area contributed by atoms with Crippen LogP contribution in [0.5, 0.6) is 0 Å². The summed E-state index contributed by atoms with van der Waals surface area (Å²) >= 11 is 0. The molecule has 0 radical (unpaired) electrons. The van der Waals surface area contributed by atoms with Crippen LogP contribution in [0.15, 0.2) is 24.3 Å². The van der Waals surface area contributed by atoms with Crippen LogP contribution < -0.4 is 10.8 Å². The second-order valence-electron chi connectivity index (χ2n) is 2.61. The normalized spacial score (nSPS) is 9.93. The molecule has 0 aliphatic carbocycles. The zero-order chi connectivity index (χ0) is 10.6. The summed E-state index contributed by atoms with van der Waals surface area (Å²) in [4.78, 5) is 10.1. The average Bonchev–Trinajstić information content (AvgIpc) is 2.15. The van der Waals surface area contributed by atoms with Gasteiger partial charge in [0.25, 0.3) is 0 Å². The predicted octanol–water partition coefficient (Wildman–Crippen LogP) is -0.0964. The van der Waals surface area contributed by atoms with Crippen molar-refractivity contribution >= 4 is 17.7 Å². The molecule has 1 aromatic carbocycles. The van der Waals surface area contributed by atoms with Gasteiger partial charge in [0, 0.05) is 5.69 Å². The molecule has 0 aromatic heterocycles. The molecule has 0 unspecified atom stereocenters. The minimum absolute atomic E-state index is 0.363. The maximum absolute atomic E-state index is 10.1. The first-order chi connectivity index (χ1) is 6.63. The summed E-state index contributed by atoms with van der Waals surface area (Å²) < 4.78 is 0. The lowest BCUT2D eigenvalue weighted by molar-refractivity contribution is -0.297. The fourth-order valence-corrected chi connectivity index (χ4v) is 0.954. The number of aliphatic carboxylic acids is 1. The lowest BCUT2D eigenvalue weighted by atomic mass is 10.1. The van der Waals surface area contributed by atoms with E-state index in [1.165, 1.54) is 12.1 Å². The molecule has 0 aliphatic rings. The molecule has 0 spiro atoms. The van der Waals surface area contributed by atoms with Crippen LogP contribution in [0.4, 0.5) is 5.69 Å². The summed E-state index contributed by atoms with van der Waals surface area (Å²) in [6.07, 6.45) is 2.21. The van der Waals surface area contributed by atoms with Gasteiger partial charge >= 0.3 is 0 Å². The van der Waals surface area contributed by atoms with E-state index in [0.29, 0.717) is 16.8 Å². The topological polar surface area (TPSA) is 89.9 Å². The lowest BCUT2D eigenvalue weighted by Crippen LogP contribution is -2.18. The molecule has 0 saturated heterocycles. The highest BCUT2D eigenvalue weighted by atomic mass is 16.4. The zero-order valence-corrected chi connectivity index (χ0v) is 7.23. The van der Waals surface area contributed by atoms with Crippen molar-refractivity contribution in [2.45, 2.75) is 0 Å². The van der Waals surface area contributed by atoms with Gasteiger partial charge < -0.3 is 15.6 Å². The number of carbonyl (C=O) groups is 1. The Balaban J connectivity index is 3.02. The number of hydrogen-bond acceptors (Lipinski definition) is 4. The van der Waals surface area contributed by atoms with Gasteiger partial charge in [-0.2, -0.15) is 5.26 Å². The van der Waals surface area contributed by atoms with E-state index in [-0.39, 0.29) is 0 Å². The van der Waals surface area contributed by atoms with Gasteiger partial charge in [-0.1, -0.05) is 12.1 Å². The number of carboxylic acid groups (broad SMARTS) is 1. The first-order valence-electron chi connectivity index (χ1n) is 3.82. The maximum atomic E-state index is 10.1. The maximum Gasteiger partial charge on any atom is 0.0992 e. The van der Waals surface area contributed by atoms with Gasteiger partial charge in [-0.3, -0.25) is 0 Å². The molecule has 14 heavy (non-hydrogen) atoms. The molecule has 2 N–H and O–H groups in total. The minimum atomic E-state index is -1.28. The number of anilines is 1. The Kier molecular flexibility index (Phi) is 2.87. The molecule has 0 saturated carbocycles. The molecule has 0 heterocycles. The van der Waals surface area contributed by atoms with E-state index in [4.69, 9.17) is 11.0 Å². The van der Waals surface area contributed by atoms with Gasteiger partial charge in [0.15, 0.2) is 0 Å². The van der Waals surface area contributed by atoms with Crippen LogP contribution in [0.2, 0.25) is 0 Å². The number of benzene rings is 1. The molecule has 1 aromatic rings. The summed E-state index contributed by atoms with van der Waals surface area (Å²) in [7, 11) is 0. The quantitative estimate of drug-likeness (QED) is 0.517. The monoisotopic (exact) mass is 187 g/mol. The fourth-order valence-electron chi connectivity index (χ4n) is 0.954. The fraction of sp³-hybridized carbons (Fsp3) is 0. The van der Waals surface area contributed by atoms with Crippen LogP contribution in [0.3, 0.4) is 0 Å². The summed E-state index contributed by atoms with van der Waals surface area (Å²) in [5.74, 6) is -1.28. The highest BCUT2D eigenvalue weighted by Crippen LogP contribution is 2.15. The molecular formula is C10H7N2O2-. The first kappa shape index (κ1) is 9.81. The highest BCUT2D eigenvalue weighted by Gasteiger charge is 1.96. The average molecular weight is 187 g/mol. The molecule has 0 bridgehead atoms. The van der Waals surface area contributed by atoms with E-state index in [1.54, 1.807) is 12.1 Å². The van der Waals surface area contributed by atoms with E-state index in [2.05, 4.69) is 0 Å². The molecule has 0 aliphatic heterocycles. The smallest absolute Gasteiger partial charge is 0.0992 e. The number of nitrogen functional groups attached to an aromatic ring is 1. The Hall–Kier alpha value is -2.28. The van der Waals surface area contributed by atoms with Gasteiger partial charge in [0.05, 0.1) is 17.6 Å². The Bertz CT molecular complexity index is 430. The summed E-state index contributed by atoms with van der Waals surface area (Å²) in [6.45, 7) is 0. The van der Waals surface area contributed by atoms with E-state index in [0.717, 1.165) is 6.08 Å². The Morgan fingerprint density at radius 1 is 1.57 bits per heavy atom. The number of hydrogen-bond donors (Lipinski definition) is 1.